The number of amides is 1. The Bertz CT molecular complexity index is 1330. The minimum atomic E-state index is -4.01. The van der Waals surface area contributed by atoms with Gasteiger partial charge in [-0.2, -0.15) is 4.31 Å². The monoisotopic (exact) mass is 623 g/mol. The van der Waals surface area contributed by atoms with Crippen molar-refractivity contribution < 1.29 is 47.2 Å². The molecule has 2 aromatic carbocycles. The molecule has 14 nitrogen and oxygen atoms in total. The van der Waals surface area contributed by atoms with Crippen LogP contribution >= 0.6 is 0 Å². The average molecular weight is 624 g/mol. The van der Waals surface area contributed by atoms with Crippen molar-refractivity contribution in [1.82, 2.24) is 9.62 Å². The van der Waals surface area contributed by atoms with Crippen LogP contribution < -0.4 is 10.1 Å². The summed E-state index contributed by atoms with van der Waals surface area (Å²) < 4.78 is 50.2. The van der Waals surface area contributed by atoms with Crippen LogP contribution in [0.4, 0.5) is 4.79 Å². The summed E-state index contributed by atoms with van der Waals surface area (Å²) in [5.74, 6) is 0.443. The second-order valence-corrected chi connectivity index (χ2v) is 12.7. The van der Waals surface area contributed by atoms with E-state index in [-0.39, 0.29) is 43.5 Å². The molecule has 2 N–H and O–H groups in total. The Morgan fingerprint density at radius 1 is 1.07 bits per heavy atom. The Hall–Kier alpha value is -3.50. The van der Waals surface area contributed by atoms with Gasteiger partial charge in [0.2, 0.25) is 10.0 Å². The van der Waals surface area contributed by atoms with E-state index in [0.717, 1.165) is 5.56 Å². The first kappa shape index (κ1) is 32.4. The van der Waals surface area contributed by atoms with Crippen LogP contribution in [0.1, 0.15) is 19.4 Å². The van der Waals surface area contributed by atoms with Crippen LogP contribution in [0.2, 0.25) is 0 Å². The zero-order valence-electron chi connectivity index (χ0n) is 24.1. The topological polar surface area (TPSA) is 176 Å². The van der Waals surface area contributed by atoms with Gasteiger partial charge in [0.05, 0.1) is 37.4 Å². The minimum Gasteiger partial charge on any atom is -0.497 e. The zero-order valence-corrected chi connectivity index (χ0v) is 24.9. The van der Waals surface area contributed by atoms with E-state index in [9.17, 15) is 28.4 Å². The molecule has 1 amide bonds. The van der Waals surface area contributed by atoms with E-state index in [2.05, 4.69) is 10.2 Å². The van der Waals surface area contributed by atoms with Gasteiger partial charge >= 0.3 is 6.09 Å². The lowest BCUT2D eigenvalue weighted by molar-refractivity contribution is -0.769. The first-order chi connectivity index (χ1) is 20.5. The molecule has 6 atom stereocenters. The number of aliphatic hydroxyl groups excluding tert-OH is 1. The molecule has 0 spiro atoms. The highest BCUT2D eigenvalue weighted by atomic mass is 32.2. The molecule has 2 aliphatic rings. The molecular weight excluding hydrogens is 586 g/mol. The van der Waals surface area contributed by atoms with Gasteiger partial charge in [-0.3, -0.25) is 0 Å². The van der Waals surface area contributed by atoms with Crippen LogP contribution in [-0.2, 0) is 35.5 Å². The van der Waals surface area contributed by atoms with E-state index in [1.54, 1.807) is 12.1 Å². The number of alkyl carbamates (subject to hydrolysis) is 1. The number of benzene rings is 2. The highest BCUT2D eigenvalue weighted by molar-refractivity contribution is 7.89. The third-order valence-corrected chi connectivity index (χ3v) is 9.01. The molecule has 2 fully saturated rings. The van der Waals surface area contributed by atoms with Gasteiger partial charge in [0.15, 0.2) is 12.2 Å². The van der Waals surface area contributed by atoms with Gasteiger partial charge in [-0.1, -0.05) is 44.2 Å². The Kier molecular flexibility index (Phi) is 10.8. The van der Waals surface area contributed by atoms with Crippen molar-refractivity contribution in [2.75, 3.05) is 33.4 Å². The van der Waals surface area contributed by atoms with E-state index < -0.39 is 57.8 Å². The quantitative estimate of drug-likeness (QED) is 0.232. The summed E-state index contributed by atoms with van der Waals surface area (Å²) in [6.45, 7) is 3.40. The van der Waals surface area contributed by atoms with E-state index in [0.29, 0.717) is 5.75 Å². The third-order valence-electron chi connectivity index (χ3n) is 7.17. The van der Waals surface area contributed by atoms with Crippen LogP contribution in [-0.4, -0.2) is 99.0 Å². The number of methoxy groups -OCH3 is 1. The molecule has 0 radical (unpaired) electrons. The number of ether oxygens (including phenoxy) is 4. The molecule has 2 aliphatic heterocycles. The van der Waals surface area contributed by atoms with Crippen molar-refractivity contribution in [3.05, 3.63) is 70.3 Å². The van der Waals surface area contributed by atoms with E-state index in [4.69, 9.17) is 18.9 Å². The number of sulfonamides is 1. The fraction of sp³-hybridized carbons (Fsp3) is 0.536. The number of hydrogen-bond acceptors (Lipinski definition) is 11. The van der Waals surface area contributed by atoms with Crippen molar-refractivity contribution in [3.8, 4) is 5.75 Å². The van der Waals surface area contributed by atoms with Gasteiger partial charge in [0.1, 0.15) is 18.0 Å². The fourth-order valence-electron chi connectivity index (χ4n) is 5.12. The van der Waals surface area contributed by atoms with Crippen LogP contribution in [0.15, 0.2) is 59.5 Å². The summed E-state index contributed by atoms with van der Waals surface area (Å²) in [6, 6.07) is 14.1. The lowest BCUT2D eigenvalue weighted by Gasteiger charge is -2.31. The molecule has 4 rings (SSSR count). The predicted molar refractivity (Wildman–Crippen MR) is 151 cm³/mol. The van der Waals surface area contributed by atoms with Crippen molar-refractivity contribution >= 4 is 16.1 Å². The number of carbonyl (C=O) groups is 1. The smallest absolute Gasteiger partial charge is 0.407 e. The van der Waals surface area contributed by atoms with Crippen LogP contribution in [0.3, 0.4) is 0 Å². The van der Waals surface area contributed by atoms with Crippen LogP contribution in [0.5, 0.6) is 5.75 Å². The lowest BCUT2D eigenvalue weighted by Crippen LogP contribution is -2.52. The Morgan fingerprint density at radius 3 is 2.30 bits per heavy atom. The fourth-order valence-corrected chi connectivity index (χ4v) is 6.74. The number of hydrogen-bond donors (Lipinski definition) is 2. The Labute approximate surface area is 250 Å². The van der Waals surface area contributed by atoms with Gasteiger partial charge < -0.3 is 34.2 Å². The molecule has 2 heterocycles. The summed E-state index contributed by atoms with van der Waals surface area (Å²) in [5.41, 5.74) is 0.795. The zero-order chi connectivity index (χ0) is 31.1. The molecule has 2 aromatic rings. The highest BCUT2D eigenvalue weighted by Gasteiger charge is 2.51. The van der Waals surface area contributed by atoms with Crippen LogP contribution in [0.25, 0.3) is 0 Å². The second kappa shape index (κ2) is 14.3. The van der Waals surface area contributed by atoms with Gasteiger partial charge in [0, 0.05) is 13.1 Å². The summed E-state index contributed by atoms with van der Waals surface area (Å²) in [6.07, 6.45) is -5.38. The number of nitrogens with zero attached hydrogens (tertiary/aromatic N) is 2. The van der Waals surface area contributed by atoms with Crippen molar-refractivity contribution in [1.29, 1.82) is 0 Å². The standard InChI is InChI=1S/C28H37N3O11S/c1-18(2)14-30(43(36,37)21-11-9-20(38-3)10-12-21)15-23(32)22(13-19-7-5-4-6-8-19)29-28(33)41-24-16-39-27-25(42-31(34)35)17-40-26(24)27/h4-12,18,22-27,32H,13-17H2,1-3H3,(H,29,33)/t22-,23+,24-,25+,26+,27+/m0/s1. The molecule has 2 saturated heterocycles. The third kappa shape index (κ3) is 8.32. The number of carbonyl (C=O) groups excluding carboxylic acids is 1. The molecule has 0 saturated carbocycles. The maximum Gasteiger partial charge on any atom is 0.407 e. The SMILES string of the molecule is COc1ccc(S(=O)(=O)N(CC(C)C)C[C@@H](O)[C@H](Cc2ccccc2)NC(=O)O[C@H]2CO[C@H]3[C@@H]2OC[C@H]3O[N+](=O)[O-])cc1. The molecular formula is C28H37N3O11S. The highest BCUT2D eigenvalue weighted by Crippen LogP contribution is 2.30. The van der Waals surface area contributed by atoms with Crippen molar-refractivity contribution in [2.24, 2.45) is 5.92 Å². The van der Waals surface area contributed by atoms with Crippen molar-refractivity contribution in [2.45, 2.75) is 61.7 Å². The summed E-state index contributed by atoms with van der Waals surface area (Å²) in [7, 11) is -2.53. The molecule has 0 unspecified atom stereocenters. The average Bonchev–Trinajstić information content (AvgIpc) is 3.55. The first-order valence-corrected chi connectivity index (χ1v) is 15.3. The maximum absolute atomic E-state index is 13.6. The van der Waals surface area contributed by atoms with Gasteiger partial charge in [-0.25, -0.2) is 13.2 Å². The lowest BCUT2D eigenvalue weighted by atomic mass is 10.0. The Morgan fingerprint density at radius 2 is 1.70 bits per heavy atom. The molecule has 0 aromatic heterocycles. The van der Waals surface area contributed by atoms with Crippen LogP contribution in [0, 0.1) is 16.0 Å². The molecule has 0 bridgehead atoms. The summed E-state index contributed by atoms with van der Waals surface area (Å²) >= 11 is 0. The summed E-state index contributed by atoms with van der Waals surface area (Å²) in [5, 5.41) is 23.9. The second-order valence-electron chi connectivity index (χ2n) is 10.8. The minimum absolute atomic E-state index is 0.0415. The van der Waals surface area contributed by atoms with E-state index >= 15 is 0 Å². The summed E-state index contributed by atoms with van der Waals surface area (Å²) in [4.78, 5) is 28.4. The normalized spacial score (nSPS) is 23.0. The largest absolute Gasteiger partial charge is 0.497 e. The molecule has 236 valence electrons. The Balaban J connectivity index is 1.48. The number of rotatable bonds is 14. The maximum atomic E-state index is 13.6. The molecule has 0 aliphatic carbocycles. The van der Waals surface area contributed by atoms with Gasteiger partial charge in [-0.15, -0.1) is 10.1 Å². The van der Waals surface area contributed by atoms with Gasteiger partial charge in [0.25, 0.3) is 5.09 Å². The van der Waals surface area contributed by atoms with E-state index in [1.165, 1.54) is 23.5 Å². The van der Waals surface area contributed by atoms with E-state index in [1.807, 2.05) is 44.2 Å². The predicted octanol–water partition coefficient (Wildman–Crippen LogP) is 1.78. The first-order valence-electron chi connectivity index (χ1n) is 13.9. The number of aliphatic hydroxyl groups is 1. The molecule has 43 heavy (non-hydrogen) atoms. The number of fused-ring (bicyclic) bond motifs is 1. The molecule has 15 heteroatoms. The number of nitrogens with one attached hydrogen (secondary N) is 1. The van der Waals surface area contributed by atoms with Gasteiger partial charge in [-0.05, 0) is 42.2 Å². The van der Waals surface area contributed by atoms with Crippen molar-refractivity contribution in [3.63, 3.8) is 0 Å².